The molecular weight excluding hydrogens is 252 g/mol. The van der Waals surface area contributed by atoms with E-state index >= 15 is 0 Å². The molecule has 0 bridgehead atoms. The topological polar surface area (TPSA) is 46.5 Å². The normalized spacial score (nSPS) is 13.2. The van der Waals surface area contributed by atoms with Crippen LogP contribution >= 0.6 is 0 Å². The Kier molecular flexibility index (Phi) is 5.56. The molecule has 0 saturated heterocycles. The van der Waals surface area contributed by atoms with E-state index in [2.05, 4.69) is 12.7 Å². The molecule has 0 aliphatic carbocycles. The predicted octanol–water partition coefficient (Wildman–Crippen LogP) is 4.45. The van der Waals surface area contributed by atoms with Crippen LogP contribution in [0.2, 0.25) is 0 Å². The summed E-state index contributed by atoms with van der Waals surface area (Å²) >= 11 is 0. The van der Waals surface area contributed by atoms with Gasteiger partial charge in [0.25, 0.3) is 0 Å². The molecule has 0 aromatic heterocycles. The Morgan fingerprint density at radius 2 is 2.05 bits per heavy atom. The van der Waals surface area contributed by atoms with Crippen LogP contribution in [0, 0.1) is 0 Å². The van der Waals surface area contributed by atoms with Gasteiger partial charge in [0.05, 0.1) is 0 Å². The molecular formula is C17H22O3. The monoisotopic (exact) mass is 274 g/mol. The number of rotatable bonds is 7. The SMILES string of the molecule is C=CC(C)(CCC=C(C)C)Oc1ccccc1C(=O)O. The first-order chi connectivity index (χ1) is 9.38. The van der Waals surface area contributed by atoms with Crippen molar-refractivity contribution in [2.75, 3.05) is 0 Å². The first-order valence-electron chi connectivity index (χ1n) is 6.66. The molecule has 108 valence electrons. The van der Waals surface area contributed by atoms with Gasteiger partial charge < -0.3 is 9.84 Å². The third kappa shape index (κ3) is 4.57. The summed E-state index contributed by atoms with van der Waals surface area (Å²) in [5, 5.41) is 9.17. The van der Waals surface area contributed by atoms with Crippen LogP contribution in [0.1, 0.15) is 44.0 Å². The number of benzene rings is 1. The minimum atomic E-state index is -0.990. The minimum absolute atomic E-state index is 0.169. The number of carboxylic acid groups (broad SMARTS) is 1. The third-order valence-corrected chi connectivity index (χ3v) is 3.09. The highest BCUT2D eigenvalue weighted by Crippen LogP contribution is 2.27. The Bertz CT molecular complexity index is 513. The van der Waals surface area contributed by atoms with Crippen LogP contribution in [0.25, 0.3) is 0 Å². The van der Waals surface area contributed by atoms with Crippen LogP contribution in [0.3, 0.4) is 0 Å². The Hall–Kier alpha value is -2.03. The van der Waals surface area contributed by atoms with Gasteiger partial charge in [-0.05, 0) is 51.8 Å². The van der Waals surface area contributed by atoms with Crippen molar-refractivity contribution in [1.29, 1.82) is 0 Å². The molecule has 0 spiro atoms. The number of hydrogen-bond acceptors (Lipinski definition) is 2. The molecule has 1 atom stereocenters. The summed E-state index contributed by atoms with van der Waals surface area (Å²) < 4.78 is 5.90. The van der Waals surface area contributed by atoms with Gasteiger partial charge in [-0.3, -0.25) is 0 Å². The van der Waals surface area contributed by atoms with Crippen molar-refractivity contribution in [2.45, 2.75) is 39.2 Å². The molecule has 3 nitrogen and oxygen atoms in total. The maximum atomic E-state index is 11.2. The van der Waals surface area contributed by atoms with Crippen LogP contribution in [0.5, 0.6) is 5.75 Å². The molecule has 1 N–H and O–H groups in total. The molecule has 0 amide bonds. The molecule has 0 aliphatic rings. The average molecular weight is 274 g/mol. The Morgan fingerprint density at radius 1 is 1.40 bits per heavy atom. The van der Waals surface area contributed by atoms with Crippen molar-refractivity contribution >= 4 is 5.97 Å². The van der Waals surface area contributed by atoms with E-state index in [0.29, 0.717) is 5.75 Å². The van der Waals surface area contributed by atoms with E-state index in [1.165, 1.54) is 11.6 Å². The van der Waals surface area contributed by atoms with Gasteiger partial charge >= 0.3 is 5.97 Å². The average Bonchev–Trinajstić information content (AvgIpc) is 2.38. The van der Waals surface area contributed by atoms with E-state index < -0.39 is 11.6 Å². The Labute approximate surface area is 120 Å². The summed E-state index contributed by atoms with van der Waals surface area (Å²) in [6, 6.07) is 6.66. The van der Waals surface area contributed by atoms with Crippen molar-refractivity contribution in [3.05, 3.63) is 54.1 Å². The number of carboxylic acids is 1. The van der Waals surface area contributed by atoms with E-state index in [9.17, 15) is 4.79 Å². The molecule has 0 aliphatic heterocycles. The lowest BCUT2D eigenvalue weighted by molar-refractivity contribution is 0.0681. The molecule has 0 saturated carbocycles. The number of hydrogen-bond donors (Lipinski definition) is 1. The molecule has 1 aromatic rings. The first-order valence-corrected chi connectivity index (χ1v) is 6.66. The molecule has 3 heteroatoms. The van der Waals surface area contributed by atoms with Gasteiger partial charge in [-0.25, -0.2) is 4.79 Å². The van der Waals surface area contributed by atoms with Crippen molar-refractivity contribution in [1.82, 2.24) is 0 Å². The summed E-state index contributed by atoms with van der Waals surface area (Å²) in [7, 11) is 0. The highest BCUT2D eigenvalue weighted by Gasteiger charge is 2.24. The van der Waals surface area contributed by atoms with Crippen LogP contribution in [0.15, 0.2) is 48.6 Å². The van der Waals surface area contributed by atoms with Crippen LogP contribution in [0.4, 0.5) is 0 Å². The van der Waals surface area contributed by atoms with E-state index in [4.69, 9.17) is 9.84 Å². The zero-order chi connectivity index (χ0) is 15.2. The molecule has 1 unspecified atom stereocenters. The van der Waals surface area contributed by atoms with E-state index in [1.807, 2.05) is 20.8 Å². The van der Waals surface area contributed by atoms with Gasteiger partial charge in [-0.2, -0.15) is 0 Å². The van der Waals surface area contributed by atoms with Crippen LogP contribution < -0.4 is 4.74 Å². The zero-order valence-corrected chi connectivity index (χ0v) is 12.3. The molecule has 20 heavy (non-hydrogen) atoms. The summed E-state index contributed by atoms with van der Waals surface area (Å²) in [6.45, 7) is 9.82. The standard InChI is InChI=1S/C17H22O3/c1-5-17(4,12-8-9-13(2)3)20-15-11-7-6-10-14(15)16(18)19/h5-7,9-11H,1,8,12H2,2-4H3,(H,18,19). The second-order valence-electron chi connectivity index (χ2n) is 5.24. The van der Waals surface area contributed by atoms with E-state index in [1.54, 1.807) is 24.3 Å². The van der Waals surface area contributed by atoms with E-state index in [0.717, 1.165) is 12.8 Å². The summed E-state index contributed by atoms with van der Waals surface area (Å²) in [5.74, 6) is -0.615. The number of para-hydroxylation sites is 1. The molecule has 1 rings (SSSR count). The summed E-state index contributed by atoms with van der Waals surface area (Å²) in [4.78, 5) is 11.2. The van der Waals surface area contributed by atoms with E-state index in [-0.39, 0.29) is 5.56 Å². The zero-order valence-electron chi connectivity index (χ0n) is 12.3. The second-order valence-corrected chi connectivity index (χ2v) is 5.24. The van der Waals surface area contributed by atoms with Crippen LogP contribution in [-0.4, -0.2) is 16.7 Å². The highest BCUT2D eigenvalue weighted by molar-refractivity contribution is 5.90. The lowest BCUT2D eigenvalue weighted by atomic mass is 9.99. The fourth-order valence-corrected chi connectivity index (χ4v) is 1.83. The second kappa shape index (κ2) is 6.94. The number of aromatic carboxylic acids is 1. The summed E-state index contributed by atoms with van der Waals surface area (Å²) in [6.07, 6.45) is 5.47. The maximum Gasteiger partial charge on any atom is 0.339 e. The molecule has 1 aromatic carbocycles. The number of allylic oxidation sites excluding steroid dienone is 2. The molecule has 0 fully saturated rings. The van der Waals surface area contributed by atoms with Gasteiger partial charge in [0.15, 0.2) is 0 Å². The van der Waals surface area contributed by atoms with Crippen molar-refractivity contribution in [3.8, 4) is 5.75 Å². The van der Waals surface area contributed by atoms with Crippen LogP contribution in [-0.2, 0) is 0 Å². The van der Waals surface area contributed by atoms with Crippen molar-refractivity contribution < 1.29 is 14.6 Å². The predicted molar refractivity (Wildman–Crippen MR) is 81.3 cm³/mol. The minimum Gasteiger partial charge on any atom is -0.483 e. The van der Waals surface area contributed by atoms with Crippen molar-refractivity contribution in [2.24, 2.45) is 0 Å². The smallest absolute Gasteiger partial charge is 0.339 e. The molecule has 0 heterocycles. The first kappa shape index (κ1) is 16.0. The Balaban J connectivity index is 2.90. The molecule has 0 radical (unpaired) electrons. The lowest BCUT2D eigenvalue weighted by Gasteiger charge is -2.27. The Morgan fingerprint density at radius 3 is 2.60 bits per heavy atom. The maximum absolute atomic E-state index is 11.2. The lowest BCUT2D eigenvalue weighted by Crippen LogP contribution is -2.30. The summed E-state index contributed by atoms with van der Waals surface area (Å²) in [5.41, 5.74) is 0.836. The largest absolute Gasteiger partial charge is 0.483 e. The fourth-order valence-electron chi connectivity index (χ4n) is 1.83. The van der Waals surface area contributed by atoms with Gasteiger partial charge in [-0.15, -0.1) is 0 Å². The number of carbonyl (C=O) groups is 1. The fraction of sp³-hybridized carbons (Fsp3) is 0.353. The third-order valence-electron chi connectivity index (χ3n) is 3.09. The van der Waals surface area contributed by atoms with Gasteiger partial charge in [-0.1, -0.05) is 30.4 Å². The van der Waals surface area contributed by atoms with Gasteiger partial charge in [0.2, 0.25) is 0 Å². The van der Waals surface area contributed by atoms with Gasteiger partial charge in [0, 0.05) is 0 Å². The van der Waals surface area contributed by atoms with Gasteiger partial charge in [0.1, 0.15) is 16.9 Å². The van der Waals surface area contributed by atoms with Crippen molar-refractivity contribution in [3.63, 3.8) is 0 Å². The quantitative estimate of drug-likeness (QED) is 0.747. The highest BCUT2D eigenvalue weighted by atomic mass is 16.5. The number of ether oxygens (including phenoxy) is 1.